The maximum Gasteiger partial charge on any atom is 0.235 e. The number of hydrogen-bond acceptors (Lipinski definition) is 7. The first-order valence-electron chi connectivity index (χ1n) is 9.93. The Hall–Kier alpha value is -3.59. The van der Waals surface area contributed by atoms with Crippen LogP contribution in [0.2, 0.25) is 0 Å². The van der Waals surface area contributed by atoms with Crippen LogP contribution in [0.4, 0.5) is 0 Å². The molecule has 1 atom stereocenters. The third-order valence-corrected chi connectivity index (χ3v) is 6.31. The third-order valence-electron chi connectivity index (χ3n) is 4.93. The zero-order valence-electron chi connectivity index (χ0n) is 17.4. The van der Waals surface area contributed by atoms with Gasteiger partial charge >= 0.3 is 0 Å². The highest BCUT2D eigenvalue weighted by molar-refractivity contribution is 7.90. The number of benzene rings is 2. The summed E-state index contributed by atoms with van der Waals surface area (Å²) in [6.07, 6.45) is 1.76. The summed E-state index contributed by atoms with van der Waals surface area (Å²) < 4.78 is 42.4. The molecule has 1 fully saturated rings. The summed E-state index contributed by atoms with van der Waals surface area (Å²) in [4.78, 5) is 15.7. The summed E-state index contributed by atoms with van der Waals surface area (Å²) in [5.74, 6) is 1.45. The van der Waals surface area contributed by atoms with Gasteiger partial charge < -0.3 is 14.2 Å². The van der Waals surface area contributed by atoms with Crippen LogP contribution < -0.4 is 18.9 Å². The first-order valence-corrected chi connectivity index (χ1v) is 11.6. The number of nitrogens with one attached hydrogen (secondary N) is 1. The monoisotopic (exact) mass is 454 g/mol. The molecule has 1 amide bonds. The average Bonchev–Trinajstić information content (AvgIpc) is 2.77. The van der Waals surface area contributed by atoms with Gasteiger partial charge in [0.2, 0.25) is 21.8 Å². The van der Waals surface area contributed by atoms with E-state index in [9.17, 15) is 13.2 Å². The molecule has 0 bridgehead atoms. The Balaban J connectivity index is 1.37. The molecule has 1 N–H and O–H groups in total. The number of pyridine rings is 1. The van der Waals surface area contributed by atoms with E-state index in [0.29, 0.717) is 29.7 Å². The Labute approximate surface area is 186 Å². The number of carbonyl (C=O) groups is 1. The van der Waals surface area contributed by atoms with Gasteiger partial charge in [-0.2, -0.15) is 0 Å². The number of hydrogen-bond donors (Lipinski definition) is 1. The molecule has 0 aliphatic carbocycles. The van der Waals surface area contributed by atoms with E-state index in [-0.39, 0.29) is 18.1 Å². The number of methoxy groups -OCH3 is 1. The molecule has 1 aromatic heterocycles. The smallest absolute Gasteiger partial charge is 0.235 e. The number of aromatic nitrogens is 1. The molecule has 2 heterocycles. The molecule has 0 radical (unpaired) electrons. The fourth-order valence-electron chi connectivity index (χ4n) is 3.42. The largest absolute Gasteiger partial charge is 0.489 e. The highest BCUT2D eigenvalue weighted by Gasteiger charge is 2.30. The zero-order chi connectivity index (χ0) is 22.6. The normalized spacial score (nSPS) is 17.3. The number of ether oxygens (including phenoxy) is 3. The van der Waals surface area contributed by atoms with Gasteiger partial charge in [0.25, 0.3) is 0 Å². The standard InChI is InChI=1S/C23H22N2O6S/c1-29-23-13-21(9-10-24-23)31-20-4-2-3-16(11-20)14-30-19-7-5-17(6-8-19)18-12-22(26)25-32(27,28)15-18/h2-11,13,18H,12,14-15H2,1H3,(H,25,26). The molecule has 4 rings (SSSR count). The molecule has 0 spiro atoms. The van der Waals surface area contributed by atoms with Crippen LogP contribution in [-0.4, -0.2) is 32.2 Å². The van der Waals surface area contributed by atoms with E-state index < -0.39 is 15.9 Å². The second-order valence-corrected chi connectivity index (χ2v) is 9.12. The van der Waals surface area contributed by atoms with Gasteiger partial charge in [-0.25, -0.2) is 13.4 Å². The molecule has 166 valence electrons. The van der Waals surface area contributed by atoms with Crippen molar-refractivity contribution in [3.63, 3.8) is 0 Å². The van der Waals surface area contributed by atoms with Crippen LogP contribution in [0.25, 0.3) is 0 Å². The molecule has 1 saturated heterocycles. The zero-order valence-corrected chi connectivity index (χ0v) is 18.2. The SMILES string of the molecule is COc1cc(Oc2cccc(COc3ccc(C4CC(=O)NS(=O)(=O)C4)cc3)c2)ccn1. The van der Waals surface area contributed by atoms with E-state index in [2.05, 4.69) is 4.98 Å². The minimum atomic E-state index is -3.57. The molecule has 2 aromatic carbocycles. The Morgan fingerprint density at radius 2 is 1.81 bits per heavy atom. The van der Waals surface area contributed by atoms with Crippen LogP contribution in [-0.2, 0) is 21.4 Å². The molecular formula is C23H22N2O6S. The summed E-state index contributed by atoms with van der Waals surface area (Å²) in [6, 6.07) is 18.1. The fourth-order valence-corrected chi connectivity index (χ4v) is 4.78. The van der Waals surface area contributed by atoms with Crippen molar-refractivity contribution < 1.29 is 27.4 Å². The van der Waals surface area contributed by atoms with Crippen LogP contribution in [0, 0.1) is 0 Å². The van der Waals surface area contributed by atoms with Gasteiger partial charge in [-0.15, -0.1) is 0 Å². The molecular weight excluding hydrogens is 432 g/mol. The first kappa shape index (κ1) is 21.6. The van der Waals surface area contributed by atoms with Crippen molar-refractivity contribution in [2.45, 2.75) is 18.9 Å². The predicted molar refractivity (Wildman–Crippen MR) is 117 cm³/mol. The molecule has 9 heteroatoms. The second kappa shape index (κ2) is 9.27. The van der Waals surface area contributed by atoms with Gasteiger partial charge in [0.15, 0.2) is 0 Å². The van der Waals surface area contributed by atoms with E-state index >= 15 is 0 Å². The van der Waals surface area contributed by atoms with Crippen LogP contribution in [0.5, 0.6) is 23.1 Å². The molecule has 32 heavy (non-hydrogen) atoms. The van der Waals surface area contributed by atoms with E-state index in [4.69, 9.17) is 14.2 Å². The Morgan fingerprint density at radius 3 is 2.56 bits per heavy atom. The summed E-state index contributed by atoms with van der Waals surface area (Å²) in [6.45, 7) is 0.330. The number of rotatable bonds is 7. The Morgan fingerprint density at radius 1 is 1.03 bits per heavy atom. The van der Waals surface area contributed by atoms with Crippen molar-refractivity contribution in [1.82, 2.24) is 9.71 Å². The lowest BCUT2D eigenvalue weighted by Gasteiger charge is -2.22. The summed E-state index contributed by atoms with van der Waals surface area (Å²) in [5, 5.41) is 0. The molecule has 3 aromatic rings. The molecule has 0 saturated carbocycles. The van der Waals surface area contributed by atoms with Crippen molar-refractivity contribution in [2.75, 3.05) is 12.9 Å². The van der Waals surface area contributed by atoms with Crippen molar-refractivity contribution in [3.05, 3.63) is 78.0 Å². The lowest BCUT2D eigenvalue weighted by atomic mass is 9.97. The quantitative estimate of drug-likeness (QED) is 0.584. The number of carbonyl (C=O) groups excluding carboxylic acids is 1. The molecule has 8 nitrogen and oxygen atoms in total. The maximum atomic E-state index is 11.8. The topological polar surface area (TPSA) is 104 Å². The van der Waals surface area contributed by atoms with E-state index in [1.54, 1.807) is 49.7 Å². The van der Waals surface area contributed by atoms with Gasteiger partial charge in [0, 0.05) is 24.6 Å². The van der Waals surface area contributed by atoms with Gasteiger partial charge in [-0.1, -0.05) is 24.3 Å². The highest BCUT2D eigenvalue weighted by atomic mass is 32.2. The van der Waals surface area contributed by atoms with Crippen LogP contribution in [0.3, 0.4) is 0 Å². The minimum absolute atomic E-state index is 0.102. The molecule has 1 aliphatic rings. The third kappa shape index (κ3) is 5.55. The van der Waals surface area contributed by atoms with Crippen LogP contribution >= 0.6 is 0 Å². The lowest BCUT2D eigenvalue weighted by molar-refractivity contribution is -0.119. The summed E-state index contributed by atoms with van der Waals surface area (Å²) in [7, 11) is -2.02. The second-order valence-electron chi connectivity index (χ2n) is 7.35. The van der Waals surface area contributed by atoms with Crippen molar-refractivity contribution >= 4 is 15.9 Å². The van der Waals surface area contributed by atoms with Gasteiger partial charge in [-0.05, 0) is 41.5 Å². The van der Waals surface area contributed by atoms with Crippen molar-refractivity contribution in [2.24, 2.45) is 0 Å². The van der Waals surface area contributed by atoms with E-state index in [1.165, 1.54) is 0 Å². The van der Waals surface area contributed by atoms with E-state index in [1.807, 2.05) is 29.0 Å². The average molecular weight is 455 g/mol. The highest BCUT2D eigenvalue weighted by Crippen LogP contribution is 2.28. The van der Waals surface area contributed by atoms with E-state index in [0.717, 1.165) is 11.1 Å². The van der Waals surface area contributed by atoms with Gasteiger partial charge in [0.1, 0.15) is 23.9 Å². The minimum Gasteiger partial charge on any atom is -0.489 e. The Kier molecular flexibility index (Phi) is 6.27. The van der Waals surface area contributed by atoms with Crippen LogP contribution in [0.1, 0.15) is 23.5 Å². The number of nitrogens with zero attached hydrogens (tertiary/aromatic N) is 1. The summed E-state index contributed by atoms with van der Waals surface area (Å²) >= 11 is 0. The molecule has 1 aliphatic heterocycles. The summed E-state index contributed by atoms with van der Waals surface area (Å²) in [5.41, 5.74) is 1.71. The predicted octanol–water partition coefficient (Wildman–Crippen LogP) is 3.39. The molecule has 1 unspecified atom stereocenters. The lowest BCUT2D eigenvalue weighted by Crippen LogP contribution is -2.40. The maximum absolute atomic E-state index is 11.8. The van der Waals surface area contributed by atoms with Crippen LogP contribution in [0.15, 0.2) is 66.9 Å². The van der Waals surface area contributed by atoms with Gasteiger partial charge in [-0.3, -0.25) is 9.52 Å². The fraction of sp³-hybridized carbons (Fsp3) is 0.217. The van der Waals surface area contributed by atoms with Gasteiger partial charge in [0.05, 0.1) is 12.9 Å². The van der Waals surface area contributed by atoms with Crippen molar-refractivity contribution in [1.29, 1.82) is 0 Å². The number of amides is 1. The number of sulfonamides is 1. The van der Waals surface area contributed by atoms with Crippen molar-refractivity contribution in [3.8, 4) is 23.1 Å². The Bertz CT molecular complexity index is 1210. The first-order chi connectivity index (χ1) is 15.4.